The average molecular weight is 276 g/mol. The third-order valence-electron chi connectivity index (χ3n) is 2.74. The van der Waals surface area contributed by atoms with Crippen LogP contribution in [-0.4, -0.2) is 17.8 Å². The van der Waals surface area contributed by atoms with Crippen LogP contribution in [0.3, 0.4) is 0 Å². The second kappa shape index (κ2) is 7.22. The van der Waals surface area contributed by atoms with Gasteiger partial charge in [0, 0.05) is 29.2 Å². The molecule has 96 valence electrons. The van der Waals surface area contributed by atoms with Gasteiger partial charge in [-0.15, -0.1) is 0 Å². The standard InChI is InChI=1S/C13H19Cl2NO/c1-9(2)13(3-4-17)16-8-10-5-11(14)7-12(15)6-10/h5-7,9,13,16-17H,3-4,8H2,1-2H3. The van der Waals surface area contributed by atoms with E-state index in [1.54, 1.807) is 6.07 Å². The molecule has 0 aromatic heterocycles. The van der Waals surface area contributed by atoms with E-state index < -0.39 is 0 Å². The summed E-state index contributed by atoms with van der Waals surface area (Å²) in [6.45, 7) is 5.19. The number of aliphatic hydroxyl groups excluding tert-OH is 1. The van der Waals surface area contributed by atoms with Crippen LogP contribution in [0.4, 0.5) is 0 Å². The monoisotopic (exact) mass is 275 g/mol. The van der Waals surface area contributed by atoms with Gasteiger partial charge in [-0.3, -0.25) is 0 Å². The third kappa shape index (κ3) is 5.26. The maximum atomic E-state index is 8.99. The van der Waals surface area contributed by atoms with E-state index in [4.69, 9.17) is 28.3 Å². The fourth-order valence-electron chi connectivity index (χ4n) is 1.77. The molecular weight excluding hydrogens is 257 g/mol. The zero-order chi connectivity index (χ0) is 12.8. The molecule has 2 N–H and O–H groups in total. The largest absolute Gasteiger partial charge is 0.396 e. The zero-order valence-corrected chi connectivity index (χ0v) is 11.7. The molecule has 0 spiro atoms. The van der Waals surface area contributed by atoms with Crippen LogP contribution in [0.1, 0.15) is 25.8 Å². The van der Waals surface area contributed by atoms with Crippen molar-refractivity contribution in [1.82, 2.24) is 5.32 Å². The van der Waals surface area contributed by atoms with Crippen molar-refractivity contribution >= 4 is 23.2 Å². The highest BCUT2D eigenvalue weighted by atomic mass is 35.5. The Morgan fingerprint density at radius 1 is 1.18 bits per heavy atom. The highest BCUT2D eigenvalue weighted by Gasteiger charge is 2.11. The second-order valence-electron chi connectivity index (χ2n) is 4.52. The van der Waals surface area contributed by atoms with Gasteiger partial charge in [-0.05, 0) is 36.1 Å². The minimum atomic E-state index is 0.201. The van der Waals surface area contributed by atoms with E-state index in [0.717, 1.165) is 12.0 Å². The van der Waals surface area contributed by atoms with E-state index in [2.05, 4.69) is 19.2 Å². The average Bonchev–Trinajstić information content (AvgIpc) is 2.22. The molecule has 0 fully saturated rings. The Morgan fingerprint density at radius 3 is 2.24 bits per heavy atom. The minimum Gasteiger partial charge on any atom is -0.396 e. The van der Waals surface area contributed by atoms with Crippen LogP contribution in [0, 0.1) is 5.92 Å². The maximum Gasteiger partial charge on any atom is 0.0445 e. The van der Waals surface area contributed by atoms with Gasteiger partial charge in [-0.1, -0.05) is 37.0 Å². The SMILES string of the molecule is CC(C)C(CCO)NCc1cc(Cl)cc(Cl)c1. The summed E-state index contributed by atoms with van der Waals surface area (Å²) >= 11 is 11.9. The summed E-state index contributed by atoms with van der Waals surface area (Å²) in [7, 11) is 0. The number of hydrogen-bond acceptors (Lipinski definition) is 2. The molecule has 1 unspecified atom stereocenters. The van der Waals surface area contributed by atoms with Crippen molar-refractivity contribution in [3.63, 3.8) is 0 Å². The minimum absolute atomic E-state index is 0.201. The molecule has 0 amide bonds. The van der Waals surface area contributed by atoms with Gasteiger partial charge >= 0.3 is 0 Å². The van der Waals surface area contributed by atoms with Gasteiger partial charge < -0.3 is 10.4 Å². The van der Waals surface area contributed by atoms with Crippen LogP contribution in [0.25, 0.3) is 0 Å². The fourth-order valence-corrected chi connectivity index (χ4v) is 2.34. The molecule has 1 aromatic carbocycles. The molecule has 17 heavy (non-hydrogen) atoms. The first-order valence-corrected chi connectivity index (χ1v) is 6.57. The Labute approximate surface area is 113 Å². The fraction of sp³-hybridized carbons (Fsp3) is 0.538. The first-order chi connectivity index (χ1) is 8.02. The molecule has 2 nitrogen and oxygen atoms in total. The molecule has 4 heteroatoms. The van der Waals surface area contributed by atoms with Gasteiger partial charge in [-0.25, -0.2) is 0 Å². The molecule has 0 radical (unpaired) electrons. The molecule has 1 atom stereocenters. The van der Waals surface area contributed by atoms with Crippen molar-refractivity contribution in [2.24, 2.45) is 5.92 Å². The summed E-state index contributed by atoms with van der Waals surface area (Å²) in [6.07, 6.45) is 0.756. The highest BCUT2D eigenvalue weighted by Crippen LogP contribution is 2.19. The summed E-state index contributed by atoms with van der Waals surface area (Å²) in [6, 6.07) is 5.83. The number of aliphatic hydroxyl groups is 1. The number of halogens is 2. The summed E-state index contributed by atoms with van der Waals surface area (Å²) in [5.74, 6) is 0.483. The topological polar surface area (TPSA) is 32.3 Å². The van der Waals surface area contributed by atoms with Crippen molar-refractivity contribution in [2.45, 2.75) is 32.9 Å². The molecule has 0 aliphatic rings. The molecule has 0 aliphatic carbocycles. The van der Waals surface area contributed by atoms with E-state index >= 15 is 0 Å². The van der Waals surface area contributed by atoms with Crippen LogP contribution < -0.4 is 5.32 Å². The normalized spacial score (nSPS) is 13.1. The maximum absolute atomic E-state index is 8.99. The lowest BCUT2D eigenvalue weighted by Crippen LogP contribution is -2.34. The molecule has 1 aromatic rings. The predicted octanol–water partition coefficient (Wildman–Crippen LogP) is 3.49. The van der Waals surface area contributed by atoms with E-state index in [-0.39, 0.29) is 6.61 Å². The lowest BCUT2D eigenvalue weighted by molar-refractivity contribution is 0.244. The molecular formula is C13H19Cl2NO. The van der Waals surface area contributed by atoms with Crippen LogP contribution in [0.15, 0.2) is 18.2 Å². The molecule has 0 aliphatic heterocycles. The second-order valence-corrected chi connectivity index (χ2v) is 5.39. The van der Waals surface area contributed by atoms with Crippen molar-refractivity contribution in [1.29, 1.82) is 0 Å². The van der Waals surface area contributed by atoms with Gasteiger partial charge in [0.05, 0.1) is 0 Å². The highest BCUT2D eigenvalue weighted by molar-refractivity contribution is 6.34. The summed E-state index contributed by atoms with van der Waals surface area (Å²) < 4.78 is 0. The van der Waals surface area contributed by atoms with E-state index in [9.17, 15) is 0 Å². The van der Waals surface area contributed by atoms with E-state index in [0.29, 0.717) is 28.5 Å². The number of hydrogen-bond donors (Lipinski definition) is 2. The Balaban J connectivity index is 2.58. The molecule has 1 rings (SSSR count). The first kappa shape index (κ1) is 14.8. The van der Waals surface area contributed by atoms with Crippen molar-refractivity contribution in [3.8, 4) is 0 Å². The molecule has 0 heterocycles. The Hall–Kier alpha value is -0.280. The predicted molar refractivity (Wildman–Crippen MR) is 73.6 cm³/mol. The van der Waals surface area contributed by atoms with E-state index in [1.165, 1.54) is 0 Å². The molecule has 0 bridgehead atoms. The van der Waals surface area contributed by atoms with Gasteiger partial charge in [0.25, 0.3) is 0 Å². The number of nitrogens with one attached hydrogen (secondary N) is 1. The summed E-state index contributed by atoms with van der Waals surface area (Å²) in [5.41, 5.74) is 1.06. The van der Waals surface area contributed by atoms with Crippen LogP contribution >= 0.6 is 23.2 Å². The van der Waals surface area contributed by atoms with Crippen LogP contribution in [-0.2, 0) is 6.54 Å². The Kier molecular flexibility index (Phi) is 6.28. The van der Waals surface area contributed by atoms with Crippen molar-refractivity contribution in [3.05, 3.63) is 33.8 Å². The van der Waals surface area contributed by atoms with Crippen molar-refractivity contribution < 1.29 is 5.11 Å². The van der Waals surface area contributed by atoms with Gasteiger partial charge in [0.2, 0.25) is 0 Å². The van der Waals surface area contributed by atoms with Crippen LogP contribution in [0.2, 0.25) is 10.0 Å². The lowest BCUT2D eigenvalue weighted by Gasteiger charge is -2.21. The van der Waals surface area contributed by atoms with Gasteiger partial charge in [-0.2, -0.15) is 0 Å². The number of rotatable bonds is 6. The Bertz CT molecular complexity index is 335. The van der Waals surface area contributed by atoms with Gasteiger partial charge in [0.1, 0.15) is 0 Å². The Morgan fingerprint density at radius 2 is 1.76 bits per heavy atom. The number of benzene rings is 1. The smallest absolute Gasteiger partial charge is 0.0445 e. The quantitative estimate of drug-likeness (QED) is 0.833. The lowest BCUT2D eigenvalue weighted by atomic mass is 10.0. The van der Waals surface area contributed by atoms with Crippen molar-refractivity contribution in [2.75, 3.05) is 6.61 Å². The van der Waals surface area contributed by atoms with Gasteiger partial charge in [0.15, 0.2) is 0 Å². The molecule has 0 saturated carbocycles. The van der Waals surface area contributed by atoms with E-state index in [1.807, 2.05) is 12.1 Å². The molecule has 0 saturated heterocycles. The summed E-state index contributed by atoms with van der Waals surface area (Å²) in [4.78, 5) is 0. The zero-order valence-electron chi connectivity index (χ0n) is 10.2. The van der Waals surface area contributed by atoms with Crippen LogP contribution in [0.5, 0.6) is 0 Å². The third-order valence-corrected chi connectivity index (χ3v) is 3.17. The summed E-state index contributed by atoms with van der Waals surface area (Å²) in [5, 5.41) is 13.7. The first-order valence-electron chi connectivity index (χ1n) is 5.82.